The monoisotopic (exact) mass is 403 g/mol. The first-order valence-electron chi connectivity index (χ1n) is 9.30. The van der Waals surface area contributed by atoms with Crippen LogP contribution in [0.5, 0.6) is 0 Å². The number of rotatable bonds is 2. The van der Waals surface area contributed by atoms with Crippen molar-refractivity contribution in [3.05, 3.63) is 47.5 Å². The van der Waals surface area contributed by atoms with E-state index in [9.17, 15) is 13.2 Å². The summed E-state index contributed by atoms with van der Waals surface area (Å²) in [7, 11) is 0.0153. The summed E-state index contributed by atoms with van der Waals surface area (Å²) in [5, 5.41) is 1.97. The predicted molar refractivity (Wildman–Crippen MR) is 108 cm³/mol. The lowest BCUT2D eigenvalue weighted by Crippen LogP contribution is -2.54. The number of hydrogen-bond acceptors (Lipinski definition) is 5. The number of ether oxygens (including phenoxy) is 1. The first-order valence-corrected chi connectivity index (χ1v) is 11.2. The first kappa shape index (κ1) is 19.3. The molecule has 0 saturated carbocycles. The van der Waals surface area contributed by atoms with Crippen LogP contribution in [0, 0.1) is 0 Å². The molecule has 1 fully saturated rings. The SMILES string of the molecule is COC12CN(S(C)(=O)=O)CCN(C)CCN1C(=O)c1cc3ccccc3cc12. The number of nitrogens with zero attached hydrogens (tertiary/aromatic N) is 3. The highest BCUT2D eigenvalue weighted by atomic mass is 32.2. The molecule has 1 unspecified atom stereocenters. The summed E-state index contributed by atoms with van der Waals surface area (Å²) in [4.78, 5) is 17.1. The minimum atomic E-state index is -3.47. The number of sulfonamides is 1. The van der Waals surface area contributed by atoms with Crippen molar-refractivity contribution in [1.82, 2.24) is 14.1 Å². The van der Waals surface area contributed by atoms with Crippen molar-refractivity contribution >= 4 is 26.7 Å². The van der Waals surface area contributed by atoms with E-state index in [-0.39, 0.29) is 12.5 Å². The van der Waals surface area contributed by atoms with E-state index in [1.165, 1.54) is 10.6 Å². The van der Waals surface area contributed by atoms with Crippen LogP contribution in [0.15, 0.2) is 36.4 Å². The number of methoxy groups -OCH3 is 1. The average Bonchev–Trinajstić information content (AvgIpc) is 2.92. The third-order valence-corrected chi connectivity index (χ3v) is 7.10. The lowest BCUT2D eigenvalue weighted by molar-refractivity contribution is -0.120. The fourth-order valence-corrected chi connectivity index (χ4v) is 5.02. The molecule has 0 aliphatic carbocycles. The summed E-state index contributed by atoms with van der Waals surface area (Å²) in [6.07, 6.45) is 1.21. The van der Waals surface area contributed by atoms with Crippen molar-refractivity contribution in [1.29, 1.82) is 0 Å². The Morgan fingerprint density at radius 2 is 1.68 bits per heavy atom. The van der Waals surface area contributed by atoms with Gasteiger partial charge in [0.15, 0.2) is 5.72 Å². The van der Waals surface area contributed by atoms with Gasteiger partial charge in [0.1, 0.15) is 0 Å². The molecule has 7 nitrogen and oxygen atoms in total. The van der Waals surface area contributed by atoms with Crippen molar-refractivity contribution in [2.24, 2.45) is 0 Å². The molecule has 0 bridgehead atoms. The van der Waals surface area contributed by atoms with Crippen molar-refractivity contribution in [3.8, 4) is 0 Å². The third-order valence-electron chi connectivity index (χ3n) is 5.85. The maximum absolute atomic E-state index is 13.3. The Bertz CT molecular complexity index is 1040. The maximum atomic E-state index is 13.3. The van der Waals surface area contributed by atoms with Gasteiger partial charge in [-0.25, -0.2) is 8.42 Å². The van der Waals surface area contributed by atoms with Crippen LogP contribution < -0.4 is 0 Å². The van der Waals surface area contributed by atoms with Gasteiger partial charge >= 0.3 is 0 Å². The molecule has 2 aromatic rings. The Morgan fingerprint density at radius 3 is 2.32 bits per heavy atom. The number of likely N-dealkylation sites (N-methyl/N-ethyl adjacent to an activating group) is 1. The molecular weight excluding hydrogens is 378 g/mol. The molecule has 4 rings (SSSR count). The highest BCUT2D eigenvalue weighted by Crippen LogP contribution is 2.42. The molecule has 0 aromatic heterocycles. The molecule has 0 spiro atoms. The minimum Gasteiger partial charge on any atom is -0.353 e. The lowest BCUT2D eigenvalue weighted by atomic mass is 9.96. The molecule has 2 heterocycles. The highest BCUT2D eigenvalue weighted by molar-refractivity contribution is 7.88. The molecule has 0 radical (unpaired) electrons. The zero-order chi connectivity index (χ0) is 20.1. The summed E-state index contributed by atoms with van der Waals surface area (Å²) in [6, 6.07) is 11.7. The van der Waals surface area contributed by atoms with Gasteiger partial charge in [0.05, 0.1) is 12.8 Å². The van der Waals surface area contributed by atoms with E-state index in [1.807, 2.05) is 48.3 Å². The Kier molecular flexibility index (Phi) is 4.70. The Balaban J connectivity index is 1.93. The number of hydrogen-bond donors (Lipinski definition) is 0. The van der Waals surface area contributed by atoms with Crippen molar-refractivity contribution < 1.29 is 17.9 Å². The van der Waals surface area contributed by atoms with Crippen LogP contribution in [0.1, 0.15) is 15.9 Å². The van der Waals surface area contributed by atoms with Crippen LogP contribution in [0.25, 0.3) is 10.8 Å². The van der Waals surface area contributed by atoms with Gasteiger partial charge in [0.25, 0.3) is 5.91 Å². The summed E-state index contributed by atoms with van der Waals surface area (Å²) in [5.41, 5.74) is 0.180. The van der Waals surface area contributed by atoms with E-state index in [2.05, 4.69) is 0 Å². The topological polar surface area (TPSA) is 70.2 Å². The van der Waals surface area contributed by atoms with Crippen LogP contribution in [0.4, 0.5) is 0 Å². The molecule has 1 atom stereocenters. The first-order chi connectivity index (χ1) is 13.3. The zero-order valence-electron chi connectivity index (χ0n) is 16.4. The van der Waals surface area contributed by atoms with Crippen LogP contribution in [-0.2, 0) is 20.5 Å². The quantitative estimate of drug-likeness (QED) is 0.756. The number of fused-ring (bicyclic) bond motifs is 4. The fraction of sp³-hybridized carbons (Fsp3) is 0.450. The number of carbonyl (C=O) groups excluding carboxylic acids is 1. The normalized spacial score (nSPS) is 24.5. The van der Waals surface area contributed by atoms with E-state index >= 15 is 0 Å². The van der Waals surface area contributed by atoms with Crippen LogP contribution in [0.3, 0.4) is 0 Å². The highest BCUT2D eigenvalue weighted by Gasteiger charge is 2.52. The van der Waals surface area contributed by atoms with E-state index < -0.39 is 15.7 Å². The second kappa shape index (κ2) is 6.81. The minimum absolute atomic E-state index is 0.0766. The average molecular weight is 404 g/mol. The summed E-state index contributed by atoms with van der Waals surface area (Å²) in [5.74, 6) is -0.119. The molecule has 2 aromatic carbocycles. The molecule has 0 N–H and O–H groups in total. The molecule has 2 aliphatic heterocycles. The van der Waals surface area contributed by atoms with Gasteiger partial charge in [-0.15, -0.1) is 0 Å². The molecule has 1 saturated heterocycles. The molecular formula is C20H25N3O4S. The second-order valence-electron chi connectivity index (χ2n) is 7.59. The summed E-state index contributed by atoms with van der Waals surface area (Å²) >= 11 is 0. The molecule has 150 valence electrons. The zero-order valence-corrected chi connectivity index (χ0v) is 17.2. The van der Waals surface area contributed by atoms with E-state index in [0.29, 0.717) is 31.7 Å². The largest absolute Gasteiger partial charge is 0.353 e. The van der Waals surface area contributed by atoms with E-state index in [0.717, 1.165) is 16.3 Å². The maximum Gasteiger partial charge on any atom is 0.256 e. The third kappa shape index (κ3) is 3.00. The fourth-order valence-electron chi connectivity index (χ4n) is 4.20. The van der Waals surface area contributed by atoms with Crippen LogP contribution >= 0.6 is 0 Å². The van der Waals surface area contributed by atoms with Crippen LogP contribution in [-0.4, -0.2) is 81.6 Å². The standard InChI is InChI=1S/C20H25N3O4S/c1-21-8-10-22(28(3,25)26)14-20(27-2)18-13-16-7-5-4-6-15(16)12-17(18)19(24)23(20)11-9-21/h4-7,12-13H,8-11,14H2,1-3H3. The smallest absolute Gasteiger partial charge is 0.256 e. The Morgan fingerprint density at radius 1 is 1.04 bits per heavy atom. The molecule has 28 heavy (non-hydrogen) atoms. The van der Waals surface area contributed by atoms with Crippen molar-refractivity contribution in [3.63, 3.8) is 0 Å². The predicted octanol–water partition coefficient (Wildman–Crippen LogP) is 1.30. The summed E-state index contributed by atoms with van der Waals surface area (Å²) in [6.45, 7) is 2.13. The van der Waals surface area contributed by atoms with Crippen LogP contribution in [0.2, 0.25) is 0 Å². The molecule has 8 heteroatoms. The second-order valence-corrected chi connectivity index (χ2v) is 9.57. The van der Waals surface area contributed by atoms with Gasteiger partial charge in [-0.1, -0.05) is 24.3 Å². The number of carbonyl (C=O) groups is 1. The molecule has 1 amide bonds. The number of amides is 1. The van der Waals surface area contributed by atoms with E-state index in [1.54, 1.807) is 12.0 Å². The Hall–Kier alpha value is -2.00. The van der Waals surface area contributed by atoms with Crippen molar-refractivity contribution in [2.45, 2.75) is 5.72 Å². The van der Waals surface area contributed by atoms with Gasteiger partial charge in [0.2, 0.25) is 10.0 Å². The van der Waals surface area contributed by atoms with Gasteiger partial charge in [0, 0.05) is 44.4 Å². The van der Waals surface area contributed by atoms with Gasteiger partial charge in [-0.3, -0.25) is 4.79 Å². The van der Waals surface area contributed by atoms with Crippen molar-refractivity contribution in [2.75, 3.05) is 53.1 Å². The summed E-state index contributed by atoms with van der Waals surface area (Å²) < 4.78 is 32.3. The number of benzene rings is 2. The van der Waals surface area contributed by atoms with Gasteiger partial charge in [-0.05, 0) is 30.0 Å². The van der Waals surface area contributed by atoms with Gasteiger partial charge in [-0.2, -0.15) is 4.31 Å². The Labute approximate surface area is 165 Å². The lowest BCUT2D eigenvalue weighted by Gasteiger charge is -2.40. The van der Waals surface area contributed by atoms with E-state index in [4.69, 9.17) is 4.74 Å². The van der Waals surface area contributed by atoms with Gasteiger partial charge < -0.3 is 14.5 Å². The molecule has 2 aliphatic rings.